The number of amides is 2. The van der Waals surface area contributed by atoms with E-state index in [1.165, 1.54) is 30.3 Å². The molecule has 2 aromatic rings. The number of hydrogen-bond acceptors (Lipinski definition) is 6. The smallest absolute Gasteiger partial charge is 0.255 e. The van der Waals surface area contributed by atoms with Gasteiger partial charge in [0.1, 0.15) is 6.04 Å². The molecule has 0 heterocycles. The topological polar surface area (TPSA) is 139 Å². The number of nitrogens with one attached hydrogen (secondary N) is 2. The lowest BCUT2D eigenvalue weighted by molar-refractivity contribution is -0.123. The second-order valence-corrected chi connectivity index (χ2v) is 6.83. The lowest BCUT2D eigenvalue weighted by Crippen LogP contribution is -2.47. The van der Waals surface area contributed by atoms with E-state index in [4.69, 9.17) is 0 Å². The first-order chi connectivity index (χ1) is 13.2. The Bertz CT molecular complexity index is 866. The van der Waals surface area contributed by atoms with E-state index >= 15 is 0 Å². The van der Waals surface area contributed by atoms with Gasteiger partial charge in [0.05, 0.1) is 5.56 Å². The van der Waals surface area contributed by atoms with Gasteiger partial charge in [-0.2, -0.15) is 0 Å². The van der Waals surface area contributed by atoms with Gasteiger partial charge in [-0.3, -0.25) is 9.59 Å². The molecule has 0 aliphatic heterocycles. The number of carbonyl (C=O) groups excluding carboxylic acids is 2. The molecule has 2 amide bonds. The SMILES string of the molecule is CC(C)C[C@H](NC(=O)c1cccc(O)c1O)C(=O)NCc1cccc(O)c1O. The minimum absolute atomic E-state index is 0.0408. The van der Waals surface area contributed by atoms with Crippen LogP contribution in [0.5, 0.6) is 23.0 Å². The van der Waals surface area contributed by atoms with Crippen molar-refractivity contribution >= 4 is 11.8 Å². The minimum Gasteiger partial charge on any atom is -0.504 e. The highest BCUT2D eigenvalue weighted by atomic mass is 16.3. The summed E-state index contributed by atoms with van der Waals surface area (Å²) < 4.78 is 0. The number of para-hydroxylation sites is 2. The Balaban J connectivity index is 2.11. The Hall–Kier alpha value is -3.42. The van der Waals surface area contributed by atoms with Crippen LogP contribution in [0.4, 0.5) is 0 Å². The van der Waals surface area contributed by atoms with Crippen molar-refractivity contribution < 1.29 is 30.0 Å². The van der Waals surface area contributed by atoms with Crippen molar-refractivity contribution in [3.63, 3.8) is 0 Å². The summed E-state index contributed by atoms with van der Waals surface area (Å²) in [7, 11) is 0. The van der Waals surface area contributed by atoms with Gasteiger partial charge in [0.2, 0.25) is 5.91 Å². The Morgan fingerprint density at radius 1 is 0.929 bits per heavy atom. The maximum atomic E-state index is 12.6. The second-order valence-electron chi connectivity index (χ2n) is 6.83. The summed E-state index contributed by atoms with van der Waals surface area (Å²) in [5, 5.41) is 43.9. The van der Waals surface area contributed by atoms with Crippen molar-refractivity contribution in [1.82, 2.24) is 10.6 Å². The number of hydrogen-bond donors (Lipinski definition) is 6. The van der Waals surface area contributed by atoms with E-state index in [-0.39, 0.29) is 29.5 Å². The van der Waals surface area contributed by atoms with Crippen LogP contribution in [0.3, 0.4) is 0 Å². The summed E-state index contributed by atoms with van der Waals surface area (Å²) in [6, 6.07) is 7.50. The molecule has 0 saturated carbocycles. The highest BCUT2D eigenvalue weighted by Gasteiger charge is 2.24. The fourth-order valence-corrected chi connectivity index (χ4v) is 2.68. The van der Waals surface area contributed by atoms with Crippen molar-refractivity contribution in [2.24, 2.45) is 5.92 Å². The van der Waals surface area contributed by atoms with E-state index in [0.29, 0.717) is 12.0 Å². The van der Waals surface area contributed by atoms with Gasteiger partial charge in [0, 0.05) is 12.1 Å². The van der Waals surface area contributed by atoms with E-state index < -0.39 is 29.4 Å². The molecule has 28 heavy (non-hydrogen) atoms. The summed E-state index contributed by atoms with van der Waals surface area (Å²) in [6.45, 7) is 3.74. The van der Waals surface area contributed by atoms with Crippen molar-refractivity contribution in [3.8, 4) is 23.0 Å². The zero-order chi connectivity index (χ0) is 20.8. The summed E-state index contributed by atoms with van der Waals surface area (Å²) in [5.74, 6) is -2.71. The summed E-state index contributed by atoms with van der Waals surface area (Å²) >= 11 is 0. The molecule has 8 heteroatoms. The summed E-state index contributed by atoms with van der Waals surface area (Å²) in [4.78, 5) is 25.0. The molecule has 0 aliphatic rings. The highest BCUT2D eigenvalue weighted by Crippen LogP contribution is 2.29. The number of phenolic OH excluding ortho intramolecular Hbond substituents is 4. The molecule has 1 atom stereocenters. The first-order valence-electron chi connectivity index (χ1n) is 8.80. The third-order valence-electron chi connectivity index (χ3n) is 4.14. The quantitative estimate of drug-likeness (QED) is 0.401. The normalized spacial score (nSPS) is 11.8. The van der Waals surface area contributed by atoms with Crippen LogP contribution in [0.2, 0.25) is 0 Å². The average molecular weight is 388 g/mol. The third-order valence-corrected chi connectivity index (χ3v) is 4.14. The van der Waals surface area contributed by atoms with Crippen molar-refractivity contribution in [2.45, 2.75) is 32.9 Å². The van der Waals surface area contributed by atoms with Crippen LogP contribution in [-0.4, -0.2) is 38.3 Å². The Morgan fingerprint density at radius 3 is 2.18 bits per heavy atom. The first kappa shape index (κ1) is 20.9. The van der Waals surface area contributed by atoms with Gasteiger partial charge in [-0.1, -0.05) is 32.0 Å². The molecule has 2 aromatic carbocycles. The Kier molecular flexibility index (Phi) is 6.70. The fourth-order valence-electron chi connectivity index (χ4n) is 2.68. The average Bonchev–Trinajstić information content (AvgIpc) is 2.64. The number of rotatable bonds is 7. The van der Waals surface area contributed by atoms with Crippen LogP contribution in [0.25, 0.3) is 0 Å². The first-order valence-corrected chi connectivity index (χ1v) is 8.80. The van der Waals surface area contributed by atoms with Gasteiger partial charge in [0.25, 0.3) is 5.91 Å². The fraction of sp³-hybridized carbons (Fsp3) is 0.300. The van der Waals surface area contributed by atoms with Crippen molar-refractivity contribution in [2.75, 3.05) is 0 Å². The molecule has 6 N–H and O–H groups in total. The number of phenols is 4. The molecule has 0 radical (unpaired) electrons. The lowest BCUT2D eigenvalue weighted by atomic mass is 10.0. The lowest BCUT2D eigenvalue weighted by Gasteiger charge is -2.21. The maximum absolute atomic E-state index is 12.6. The van der Waals surface area contributed by atoms with Crippen LogP contribution in [0, 0.1) is 5.92 Å². The summed E-state index contributed by atoms with van der Waals surface area (Å²) in [6.07, 6.45) is 0.336. The van der Waals surface area contributed by atoms with E-state index in [1.807, 2.05) is 13.8 Å². The zero-order valence-electron chi connectivity index (χ0n) is 15.6. The third kappa shape index (κ3) is 5.06. The minimum atomic E-state index is -0.895. The molecule has 2 rings (SSSR count). The Morgan fingerprint density at radius 2 is 1.54 bits per heavy atom. The molecule has 150 valence electrons. The zero-order valence-corrected chi connectivity index (χ0v) is 15.6. The van der Waals surface area contributed by atoms with Crippen LogP contribution in [0.15, 0.2) is 36.4 Å². The van der Waals surface area contributed by atoms with Crippen LogP contribution in [0.1, 0.15) is 36.2 Å². The summed E-state index contributed by atoms with van der Waals surface area (Å²) in [5.41, 5.74) is 0.181. The molecular weight excluding hydrogens is 364 g/mol. The molecular formula is C20H24N2O6. The molecule has 0 aromatic heterocycles. The molecule has 0 spiro atoms. The number of aromatic hydroxyl groups is 4. The standard InChI is InChI=1S/C20H24N2O6/c1-11(2)9-14(22-19(27)13-6-4-8-16(24)18(13)26)20(28)21-10-12-5-3-7-15(23)17(12)25/h3-8,11,14,23-26H,9-10H2,1-2H3,(H,21,28)(H,22,27)/t14-/m0/s1. The largest absolute Gasteiger partial charge is 0.504 e. The van der Waals surface area contributed by atoms with Crippen LogP contribution >= 0.6 is 0 Å². The van der Waals surface area contributed by atoms with E-state index in [2.05, 4.69) is 10.6 Å². The van der Waals surface area contributed by atoms with Gasteiger partial charge in [-0.25, -0.2) is 0 Å². The molecule has 0 saturated heterocycles. The van der Waals surface area contributed by atoms with Gasteiger partial charge in [-0.05, 0) is 30.5 Å². The molecule has 0 fully saturated rings. The van der Waals surface area contributed by atoms with Crippen LogP contribution in [-0.2, 0) is 11.3 Å². The van der Waals surface area contributed by atoms with E-state index in [9.17, 15) is 30.0 Å². The predicted octanol–water partition coefficient (Wildman–Crippen LogP) is 1.97. The molecule has 0 aliphatic carbocycles. The second kappa shape index (κ2) is 8.98. The highest BCUT2D eigenvalue weighted by molar-refractivity contribution is 6.00. The van der Waals surface area contributed by atoms with Crippen LogP contribution < -0.4 is 10.6 Å². The van der Waals surface area contributed by atoms with Crippen molar-refractivity contribution in [1.29, 1.82) is 0 Å². The number of benzene rings is 2. The van der Waals surface area contributed by atoms with Gasteiger partial charge in [-0.15, -0.1) is 0 Å². The molecule has 8 nitrogen and oxygen atoms in total. The van der Waals surface area contributed by atoms with Gasteiger partial charge >= 0.3 is 0 Å². The van der Waals surface area contributed by atoms with Gasteiger partial charge < -0.3 is 31.1 Å². The maximum Gasteiger partial charge on any atom is 0.255 e. The van der Waals surface area contributed by atoms with Crippen molar-refractivity contribution in [3.05, 3.63) is 47.5 Å². The monoisotopic (exact) mass is 388 g/mol. The van der Waals surface area contributed by atoms with Gasteiger partial charge in [0.15, 0.2) is 23.0 Å². The van der Waals surface area contributed by atoms with E-state index in [1.54, 1.807) is 6.07 Å². The molecule has 0 bridgehead atoms. The van der Waals surface area contributed by atoms with E-state index in [0.717, 1.165) is 0 Å². The predicted molar refractivity (Wildman–Crippen MR) is 102 cm³/mol. The molecule has 0 unspecified atom stereocenters. The Labute approximate surface area is 162 Å². The number of carbonyl (C=O) groups is 2.